The summed E-state index contributed by atoms with van der Waals surface area (Å²) in [6, 6.07) is 10.0. The number of hydrogen-bond donors (Lipinski definition) is 2. The lowest BCUT2D eigenvalue weighted by atomic mass is 9.76. The Morgan fingerprint density at radius 2 is 2.00 bits per heavy atom. The number of aliphatic hydroxyl groups is 1. The number of nitrogens with one attached hydrogen (secondary N) is 1. The van der Waals surface area contributed by atoms with E-state index in [1.54, 1.807) is 12.3 Å². The molecule has 1 heterocycles. The van der Waals surface area contributed by atoms with E-state index in [-0.39, 0.29) is 23.9 Å². The van der Waals surface area contributed by atoms with Crippen molar-refractivity contribution in [3.8, 4) is 11.1 Å². The molecule has 0 radical (unpaired) electrons. The van der Waals surface area contributed by atoms with Gasteiger partial charge in [-0.2, -0.15) is 0 Å². The smallest absolute Gasteiger partial charge is 0.208 e. The molecule has 1 aromatic heterocycles. The Labute approximate surface area is 177 Å². The number of nitrogens with zero attached hydrogens (tertiary/aromatic N) is 1. The first-order chi connectivity index (χ1) is 14.3. The maximum absolute atomic E-state index is 13.4. The van der Waals surface area contributed by atoms with Gasteiger partial charge in [-0.3, -0.25) is 4.98 Å². The monoisotopic (exact) mass is 430 g/mol. The average Bonchev–Trinajstić information content (AvgIpc) is 3.01. The molecule has 0 bridgehead atoms. The van der Waals surface area contributed by atoms with E-state index in [1.165, 1.54) is 18.4 Å². The van der Waals surface area contributed by atoms with Crippen molar-refractivity contribution in [2.24, 2.45) is 17.8 Å². The van der Waals surface area contributed by atoms with Crippen LogP contribution >= 0.6 is 0 Å². The molecule has 2 fully saturated rings. The number of aliphatic hydroxyl groups excluding tert-OH is 1. The Kier molecular flexibility index (Phi) is 6.04. The SMILES string of the molecule is CS(=O)(=O)N[C@@H]1C[C@@H]2C[C@H](O)CC[C@H]2[C@@H]1/C=C/c1ccc(-c2cccc(F)c2)cn1. The van der Waals surface area contributed by atoms with Crippen LogP contribution in [-0.2, 0) is 10.0 Å². The van der Waals surface area contributed by atoms with Gasteiger partial charge in [-0.1, -0.05) is 24.3 Å². The summed E-state index contributed by atoms with van der Waals surface area (Å²) in [5.74, 6) is 0.470. The van der Waals surface area contributed by atoms with Gasteiger partial charge in [0, 0.05) is 17.8 Å². The van der Waals surface area contributed by atoms with Crippen molar-refractivity contribution in [2.45, 2.75) is 37.8 Å². The van der Waals surface area contributed by atoms with Crippen LogP contribution in [0.25, 0.3) is 17.2 Å². The van der Waals surface area contributed by atoms with E-state index in [1.807, 2.05) is 24.3 Å². The van der Waals surface area contributed by atoms with Crippen molar-refractivity contribution >= 4 is 16.1 Å². The predicted molar refractivity (Wildman–Crippen MR) is 115 cm³/mol. The van der Waals surface area contributed by atoms with E-state index in [4.69, 9.17) is 0 Å². The van der Waals surface area contributed by atoms with Crippen LogP contribution in [0.3, 0.4) is 0 Å². The highest BCUT2D eigenvalue weighted by molar-refractivity contribution is 7.88. The van der Waals surface area contributed by atoms with E-state index in [9.17, 15) is 17.9 Å². The number of benzene rings is 1. The number of aromatic nitrogens is 1. The number of sulfonamides is 1. The van der Waals surface area contributed by atoms with Crippen molar-refractivity contribution in [1.82, 2.24) is 9.71 Å². The first-order valence-corrected chi connectivity index (χ1v) is 12.2. The highest BCUT2D eigenvalue weighted by Gasteiger charge is 2.45. The maximum Gasteiger partial charge on any atom is 0.208 e. The molecule has 0 aliphatic heterocycles. The van der Waals surface area contributed by atoms with Gasteiger partial charge in [-0.05, 0) is 73.3 Å². The molecule has 1 aromatic carbocycles. The summed E-state index contributed by atoms with van der Waals surface area (Å²) in [5.41, 5.74) is 2.38. The summed E-state index contributed by atoms with van der Waals surface area (Å²) in [7, 11) is -3.31. The summed E-state index contributed by atoms with van der Waals surface area (Å²) in [4.78, 5) is 4.47. The van der Waals surface area contributed by atoms with Crippen molar-refractivity contribution in [3.05, 3.63) is 60.2 Å². The molecule has 0 saturated heterocycles. The second-order valence-corrected chi connectivity index (χ2v) is 10.3. The number of hydrogen-bond acceptors (Lipinski definition) is 4. The van der Waals surface area contributed by atoms with Crippen molar-refractivity contribution in [3.63, 3.8) is 0 Å². The minimum absolute atomic E-state index is 0.0712. The predicted octanol–water partition coefficient (Wildman–Crippen LogP) is 3.62. The molecule has 2 aliphatic carbocycles. The lowest BCUT2D eigenvalue weighted by Gasteiger charge is -2.31. The van der Waals surface area contributed by atoms with Gasteiger partial charge in [0.05, 0.1) is 18.1 Å². The highest BCUT2D eigenvalue weighted by atomic mass is 32.2. The third kappa shape index (κ3) is 4.96. The van der Waals surface area contributed by atoms with E-state index in [2.05, 4.69) is 15.8 Å². The van der Waals surface area contributed by atoms with Gasteiger partial charge in [0.2, 0.25) is 10.0 Å². The largest absolute Gasteiger partial charge is 0.393 e. The highest BCUT2D eigenvalue weighted by Crippen LogP contribution is 2.47. The quantitative estimate of drug-likeness (QED) is 0.759. The van der Waals surface area contributed by atoms with Crippen LogP contribution in [0.2, 0.25) is 0 Å². The van der Waals surface area contributed by atoms with Crippen molar-refractivity contribution in [1.29, 1.82) is 0 Å². The summed E-state index contributed by atoms with van der Waals surface area (Å²) in [5, 5.41) is 10.0. The molecular weight excluding hydrogens is 403 g/mol. The molecule has 5 atom stereocenters. The van der Waals surface area contributed by atoms with Crippen molar-refractivity contribution < 1.29 is 17.9 Å². The van der Waals surface area contributed by atoms with Gasteiger partial charge in [-0.15, -0.1) is 0 Å². The van der Waals surface area contributed by atoms with Crippen LogP contribution < -0.4 is 4.72 Å². The van der Waals surface area contributed by atoms with E-state index in [0.29, 0.717) is 11.8 Å². The molecule has 2 saturated carbocycles. The lowest BCUT2D eigenvalue weighted by molar-refractivity contribution is 0.0746. The molecule has 4 rings (SSSR count). The Morgan fingerprint density at radius 3 is 2.70 bits per heavy atom. The first kappa shape index (κ1) is 21.2. The average molecular weight is 431 g/mol. The topological polar surface area (TPSA) is 79.3 Å². The third-order valence-electron chi connectivity index (χ3n) is 6.33. The molecule has 0 unspecified atom stereocenters. The van der Waals surface area contributed by atoms with Crippen LogP contribution in [0.4, 0.5) is 4.39 Å². The molecule has 5 nitrogen and oxygen atoms in total. The molecule has 2 aliphatic rings. The van der Waals surface area contributed by atoms with Gasteiger partial charge >= 0.3 is 0 Å². The normalized spacial score (nSPS) is 29.2. The molecule has 160 valence electrons. The minimum Gasteiger partial charge on any atom is -0.393 e. The van der Waals surface area contributed by atoms with Crippen LogP contribution in [0.15, 0.2) is 48.7 Å². The molecule has 0 spiro atoms. The fourth-order valence-corrected chi connectivity index (χ4v) is 5.86. The Morgan fingerprint density at radius 1 is 1.17 bits per heavy atom. The summed E-state index contributed by atoms with van der Waals surface area (Å²) < 4.78 is 39.9. The van der Waals surface area contributed by atoms with Gasteiger partial charge in [0.1, 0.15) is 5.82 Å². The van der Waals surface area contributed by atoms with Crippen LogP contribution in [0, 0.1) is 23.6 Å². The van der Waals surface area contributed by atoms with Crippen LogP contribution in [-0.4, -0.2) is 36.9 Å². The standard InChI is InChI=1S/C23H27FN2O3S/c1-30(28,29)26-23-13-17-12-20(27)8-10-21(17)22(23)9-7-19-6-5-16(14-25-19)15-3-2-4-18(24)11-15/h2-7,9,11,14,17,20-23,26-27H,8,10,12-13H2,1H3/b9-7+/t17-,20+,21+,22-,23+/m0/s1. The fraction of sp³-hybridized carbons (Fsp3) is 0.435. The van der Waals surface area contributed by atoms with Crippen LogP contribution in [0.1, 0.15) is 31.4 Å². The molecule has 0 amide bonds. The van der Waals surface area contributed by atoms with E-state index in [0.717, 1.165) is 42.5 Å². The molecule has 7 heteroatoms. The number of pyridine rings is 1. The summed E-state index contributed by atoms with van der Waals surface area (Å²) >= 11 is 0. The van der Waals surface area contributed by atoms with E-state index >= 15 is 0 Å². The Bertz CT molecular complexity index is 1020. The summed E-state index contributed by atoms with van der Waals surface area (Å²) in [6.45, 7) is 0. The summed E-state index contributed by atoms with van der Waals surface area (Å²) in [6.07, 6.45) is 9.76. The molecule has 2 N–H and O–H groups in total. The van der Waals surface area contributed by atoms with Crippen molar-refractivity contribution in [2.75, 3.05) is 6.26 Å². The zero-order valence-electron chi connectivity index (χ0n) is 16.9. The van der Waals surface area contributed by atoms with Crippen LogP contribution in [0.5, 0.6) is 0 Å². The molecule has 30 heavy (non-hydrogen) atoms. The lowest BCUT2D eigenvalue weighted by Crippen LogP contribution is -2.37. The van der Waals surface area contributed by atoms with Gasteiger partial charge in [-0.25, -0.2) is 17.5 Å². The first-order valence-electron chi connectivity index (χ1n) is 10.3. The minimum atomic E-state index is -3.31. The number of fused-ring (bicyclic) bond motifs is 1. The second-order valence-electron chi connectivity index (χ2n) is 8.54. The van der Waals surface area contributed by atoms with E-state index < -0.39 is 10.0 Å². The van der Waals surface area contributed by atoms with Gasteiger partial charge in [0.25, 0.3) is 0 Å². The fourth-order valence-electron chi connectivity index (χ4n) is 5.05. The number of rotatable bonds is 5. The maximum atomic E-state index is 13.4. The molecule has 2 aromatic rings. The zero-order chi connectivity index (χ0) is 21.3. The van der Waals surface area contributed by atoms with Gasteiger partial charge < -0.3 is 5.11 Å². The number of halogens is 1. The molecular formula is C23H27FN2O3S. The Balaban J connectivity index is 1.53. The third-order valence-corrected chi connectivity index (χ3v) is 7.06. The zero-order valence-corrected chi connectivity index (χ0v) is 17.7. The van der Waals surface area contributed by atoms with Gasteiger partial charge in [0.15, 0.2) is 0 Å². The second kappa shape index (κ2) is 8.57. The Hall–Kier alpha value is -2.09.